The van der Waals surface area contributed by atoms with E-state index < -0.39 is 0 Å². The maximum absolute atomic E-state index is 12.0. The van der Waals surface area contributed by atoms with Crippen LogP contribution in [0.15, 0.2) is 29.6 Å². The molecule has 0 aliphatic rings. The summed E-state index contributed by atoms with van der Waals surface area (Å²) in [5, 5.41) is 5.84. The van der Waals surface area contributed by atoms with E-state index in [2.05, 4.69) is 10.3 Å². The average Bonchev–Trinajstić information content (AvgIpc) is 2.98. The van der Waals surface area contributed by atoms with Gasteiger partial charge >= 0.3 is 0 Å². The normalized spacial score (nSPS) is 10.3. The second-order valence-electron chi connectivity index (χ2n) is 5.11. The molecule has 1 heterocycles. The Labute approximate surface area is 139 Å². The highest BCUT2D eigenvalue weighted by Gasteiger charge is 2.09. The predicted molar refractivity (Wildman–Crippen MR) is 90.1 cm³/mol. The lowest BCUT2D eigenvalue weighted by Gasteiger charge is -2.05. The number of nitrogens with zero attached hydrogens (tertiary/aromatic N) is 1. The quantitative estimate of drug-likeness (QED) is 0.755. The number of ether oxygens (including phenoxy) is 1. The highest BCUT2D eigenvalue weighted by molar-refractivity contribution is 7.09. The van der Waals surface area contributed by atoms with Gasteiger partial charge in [-0.1, -0.05) is 0 Å². The standard InChI is InChI=1S/C17H20N2O3S/c1-12-19-14(11-23-12)9-10-18-17(21)8-7-16(20)13-3-5-15(22-2)6-4-13/h3-6,11H,7-10H2,1-2H3,(H,18,21). The molecule has 1 N–H and O–H groups in total. The van der Waals surface area contributed by atoms with E-state index in [1.54, 1.807) is 42.7 Å². The molecule has 0 unspecified atom stereocenters. The van der Waals surface area contributed by atoms with Crippen molar-refractivity contribution in [1.29, 1.82) is 0 Å². The number of carbonyl (C=O) groups is 2. The number of Topliss-reactive ketones (excluding diaryl/α,β-unsaturated/α-hetero) is 1. The molecule has 2 rings (SSSR count). The molecule has 0 radical (unpaired) electrons. The molecule has 6 heteroatoms. The van der Waals surface area contributed by atoms with Gasteiger partial charge in [0.1, 0.15) is 5.75 Å². The number of aromatic nitrogens is 1. The molecule has 0 spiro atoms. The van der Waals surface area contributed by atoms with Crippen LogP contribution in [0.5, 0.6) is 5.75 Å². The zero-order valence-corrected chi connectivity index (χ0v) is 14.1. The number of methoxy groups -OCH3 is 1. The molecule has 1 amide bonds. The van der Waals surface area contributed by atoms with Crippen molar-refractivity contribution in [2.45, 2.75) is 26.2 Å². The summed E-state index contributed by atoms with van der Waals surface area (Å²) in [4.78, 5) is 28.1. The number of nitrogens with one attached hydrogen (secondary N) is 1. The molecule has 1 aromatic carbocycles. The summed E-state index contributed by atoms with van der Waals surface area (Å²) >= 11 is 1.60. The van der Waals surface area contributed by atoms with Gasteiger partial charge in [0.05, 0.1) is 17.8 Å². The largest absolute Gasteiger partial charge is 0.497 e. The smallest absolute Gasteiger partial charge is 0.220 e. The molecule has 0 bridgehead atoms. The first kappa shape index (κ1) is 17.1. The molecule has 0 saturated carbocycles. The summed E-state index contributed by atoms with van der Waals surface area (Å²) in [5.74, 6) is 0.549. The lowest BCUT2D eigenvalue weighted by Crippen LogP contribution is -2.26. The zero-order valence-electron chi connectivity index (χ0n) is 13.3. The number of thiazole rings is 1. The van der Waals surface area contributed by atoms with Crippen molar-refractivity contribution >= 4 is 23.0 Å². The van der Waals surface area contributed by atoms with Crippen LogP contribution in [-0.4, -0.2) is 30.3 Å². The number of hydrogen-bond acceptors (Lipinski definition) is 5. The number of ketones is 1. The number of benzene rings is 1. The fraction of sp³-hybridized carbons (Fsp3) is 0.353. The Kier molecular flexibility index (Phi) is 6.29. The molecule has 5 nitrogen and oxygen atoms in total. The highest BCUT2D eigenvalue weighted by Crippen LogP contribution is 2.13. The molecule has 2 aromatic rings. The van der Waals surface area contributed by atoms with Gasteiger partial charge in [0.2, 0.25) is 5.91 Å². The van der Waals surface area contributed by atoms with E-state index in [1.807, 2.05) is 12.3 Å². The molecular weight excluding hydrogens is 312 g/mol. The predicted octanol–water partition coefficient (Wildman–Crippen LogP) is 2.78. The molecule has 0 atom stereocenters. The highest BCUT2D eigenvalue weighted by atomic mass is 32.1. The number of rotatable bonds is 8. The van der Waals surface area contributed by atoms with Crippen molar-refractivity contribution in [1.82, 2.24) is 10.3 Å². The van der Waals surface area contributed by atoms with Gasteiger partial charge in [-0.05, 0) is 31.2 Å². The van der Waals surface area contributed by atoms with Gasteiger partial charge in [-0.3, -0.25) is 9.59 Å². The molecule has 0 saturated heterocycles. The minimum Gasteiger partial charge on any atom is -0.497 e. The van der Waals surface area contributed by atoms with E-state index >= 15 is 0 Å². The first-order valence-electron chi connectivity index (χ1n) is 7.43. The fourth-order valence-electron chi connectivity index (χ4n) is 2.09. The number of hydrogen-bond donors (Lipinski definition) is 1. The second-order valence-corrected chi connectivity index (χ2v) is 6.17. The Bertz CT molecular complexity index is 665. The molecule has 0 aliphatic carbocycles. The summed E-state index contributed by atoms with van der Waals surface area (Å²) in [6, 6.07) is 6.90. The van der Waals surface area contributed by atoms with E-state index in [0.717, 1.165) is 10.7 Å². The van der Waals surface area contributed by atoms with Crippen molar-refractivity contribution in [3.8, 4) is 5.75 Å². The Morgan fingerprint density at radius 3 is 2.57 bits per heavy atom. The third-order valence-corrected chi connectivity index (χ3v) is 4.18. The van der Waals surface area contributed by atoms with Gasteiger partial charge in [0, 0.05) is 36.8 Å². The van der Waals surface area contributed by atoms with Crippen LogP contribution in [0.3, 0.4) is 0 Å². The molecule has 0 aliphatic heterocycles. The van der Waals surface area contributed by atoms with Crippen molar-refractivity contribution in [2.24, 2.45) is 0 Å². The average molecular weight is 332 g/mol. The molecular formula is C17H20N2O3S. The van der Waals surface area contributed by atoms with Gasteiger partial charge in [-0.2, -0.15) is 0 Å². The van der Waals surface area contributed by atoms with Crippen molar-refractivity contribution in [3.05, 3.63) is 45.9 Å². The van der Waals surface area contributed by atoms with Gasteiger partial charge in [-0.15, -0.1) is 11.3 Å². The van der Waals surface area contributed by atoms with Crippen LogP contribution < -0.4 is 10.1 Å². The Morgan fingerprint density at radius 1 is 1.22 bits per heavy atom. The van der Waals surface area contributed by atoms with Gasteiger partial charge in [0.15, 0.2) is 5.78 Å². The Balaban J connectivity index is 1.69. The summed E-state index contributed by atoms with van der Waals surface area (Å²) in [6.07, 6.45) is 1.11. The summed E-state index contributed by atoms with van der Waals surface area (Å²) in [7, 11) is 1.58. The van der Waals surface area contributed by atoms with Gasteiger partial charge < -0.3 is 10.1 Å². The Morgan fingerprint density at radius 2 is 1.96 bits per heavy atom. The lowest BCUT2D eigenvalue weighted by atomic mass is 10.1. The first-order valence-corrected chi connectivity index (χ1v) is 8.31. The van der Waals surface area contributed by atoms with Crippen LogP contribution in [0.1, 0.15) is 33.9 Å². The topological polar surface area (TPSA) is 68.3 Å². The van der Waals surface area contributed by atoms with Crippen LogP contribution in [0, 0.1) is 6.92 Å². The lowest BCUT2D eigenvalue weighted by molar-refractivity contribution is -0.121. The third kappa shape index (κ3) is 5.49. The van der Waals surface area contributed by atoms with Gasteiger partial charge in [-0.25, -0.2) is 4.98 Å². The first-order chi connectivity index (χ1) is 11.1. The zero-order chi connectivity index (χ0) is 16.7. The van der Waals surface area contributed by atoms with Crippen LogP contribution in [0.25, 0.3) is 0 Å². The van der Waals surface area contributed by atoms with Crippen LogP contribution in [0.2, 0.25) is 0 Å². The van der Waals surface area contributed by atoms with Crippen LogP contribution in [0.4, 0.5) is 0 Å². The molecule has 1 aromatic heterocycles. The number of amides is 1. The van der Waals surface area contributed by atoms with Crippen LogP contribution >= 0.6 is 11.3 Å². The van der Waals surface area contributed by atoms with E-state index in [-0.39, 0.29) is 24.5 Å². The minimum absolute atomic E-state index is 0.0436. The molecule has 122 valence electrons. The third-order valence-electron chi connectivity index (χ3n) is 3.36. The summed E-state index contributed by atoms with van der Waals surface area (Å²) < 4.78 is 5.05. The minimum atomic E-state index is -0.112. The summed E-state index contributed by atoms with van der Waals surface area (Å²) in [5.41, 5.74) is 1.58. The molecule has 0 fully saturated rings. The van der Waals surface area contributed by atoms with Gasteiger partial charge in [0.25, 0.3) is 0 Å². The monoisotopic (exact) mass is 332 g/mol. The van der Waals surface area contributed by atoms with Crippen LogP contribution in [-0.2, 0) is 11.2 Å². The summed E-state index contributed by atoms with van der Waals surface area (Å²) in [6.45, 7) is 2.50. The van der Waals surface area contributed by atoms with Crippen molar-refractivity contribution in [3.63, 3.8) is 0 Å². The maximum Gasteiger partial charge on any atom is 0.220 e. The van der Waals surface area contributed by atoms with Crippen molar-refractivity contribution < 1.29 is 14.3 Å². The Hall–Kier alpha value is -2.21. The molecule has 23 heavy (non-hydrogen) atoms. The number of aryl methyl sites for hydroxylation is 1. The second kappa shape index (κ2) is 8.43. The fourth-order valence-corrected chi connectivity index (χ4v) is 2.74. The SMILES string of the molecule is COc1ccc(C(=O)CCC(=O)NCCc2csc(C)n2)cc1. The van der Waals surface area contributed by atoms with E-state index in [4.69, 9.17) is 4.74 Å². The number of carbonyl (C=O) groups excluding carboxylic acids is 2. The van der Waals surface area contributed by atoms with E-state index in [1.165, 1.54) is 0 Å². The van der Waals surface area contributed by atoms with E-state index in [0.29, 0.717) is 24.3 Å². The van der Waals surface area contributed by atoms with E-state index in [9.17, 15) is 9.59 Å². The maximum atomic E-state index is 12.0. The van der Waals surface area contributed by atoms with Crippen molar-refractivity contribution in [2.75, 3.05) is 13.7 Å².